The Balaban J connectivity index is 1.36. The molecule has 0 unspecified atom stereocenters. The molecule has 4 nitrogen and oxygen atoms in total. The fraction of sp³-hybridized carbons (Fsp3) is 0.273. The number of amides is 1. The van der Waals surface area contributed by atoms with Crippen molar-refractivity contribution in [3.05, 3.63) is 70.2 Å². The SMILES string of the molecule is Cc1nc(-c2ccc(Cl)cc2)sc1C(=O)NC[C@H]1CCN(c2ccccc2)C1. The number of carbonyl (C=O) groups excluding carboxylic acids is 1. The molecular weight excluding hydrogens is 390 g/mol. The fourth-order valence-electron chi connectivity index (χ4n) is 3.51. The molecule has 3 aromatic rings. The molecule has 144 valence electrons. The van der Waals surface area contributed by atoms with Gasteiger partial charge in [0.05, 0.1) is 5.69 Å². The molecule has 4 rings (SSSR count). The van der Waals surface area contributed by atoms with Gasteiger partial charge in [-0.3, -0.25) is 4.79 Å². The topological polar surface area (TPSA) is 45.2 Å². The van der Waals surface area contributed by atoms with Gasteiger partial charge in [0.1, 0.15) is 9.88 Å². The van der Waals surface area contributed by atoms with Gasteiger partial charge in [-0.2, -0.15) is 0 Å². The average molecular weight is 412 g/mol. The molecule has 0 aliphatic carbocycles. The Labute approximate surface area is 174 Å². The zero-order valence-electron chi connectivity index (χ0n) is 15.7. The molecule has 2 aromatic carbocycles. The van der Waals surface area contributed by atoms with E-state index in [-0.39, 0.29) is 5.91 Å². The molecule has 1 aromatic heterocycles. The number of aryl methyl sites for hydroxylation is 1. The van der Waals surface area contributed by atoms with Gasteiger partial charge >= 0.3 is 0 Å². The van der Waals surface area contributed by atoms with Crippen LogP contribution in [0.4, 0.5) is 5.69 Å². The Morgan fingerprint density at radius 2 is 1.96 bits per heavy atom. The van der Waals surface area contributed by atoms with Crippen molar-refractivity contribution >= 4 is 34.5 Å². The number of aromatic nitrogens is 1. The lowest BCUT2D eigenvalue weighted by Gasteiger charge is -2.18. The van der Waals surface area contributed by atoms with Gasteiger partial charge in [-0.25, -0.2) is 4.98 Å². The maximum atomic E-state index is 12.7. The van der Waals surface area contributed by atoms with Gasteiger partial charge in [-0.15, -0.1) is 11.3 Å². The van der Waals surface area contributed by atoms with Crippen LogP contribution in [0.5, 0.6) is 0 Å². The van der Waals surface area contributed by atoms with Crippen LogP contribution in [0.3, 0.4) is 0 Å². The minimum absolute atomic E-state index is 0.0339. The molecule has 6 heteroatoms. The van der Waals surface area contributed by atoms with Crippen LogP contribution in [-0.2, 0) is 0 Å². The smallest absolute Gasteiger partial charge is 0.263 e. The van der Waals surface area contributed by atoms with E-state index in [2.05, 4.69) is 39.5 Å². The maximum absolute atomic E-state index is 12.7. The Bertz CT molecular complexity index is 956. The van der Waals surface area contributed by atoms with E-state index >= 15 is 0 Å². The van der Waals surface area contributed by atoms with Crippen LogP contribution in [0.1, 0.15) is 21.8 Å². The second-order valence-electron chi connectivity index (χ2n) is 7.09. The molecular formula is C22H22ClN3OS. The van der Waals surface area contributed by atoms with Gasteiger partial charge in [0.2, 0.25) is 0 Å². The first kappa shape index (κ1) is 19.0. The zero-order chi connectivity index (χ0) is 19.5. The van der Waals surface area contributed by atoms with Crippen molar-refractivity contribution in [1.82, 2.24) is 10.3 Å². The third-order valence-electron chi connectivity index (χ3n) is 5.05. The Morgan fingerprint density at radius 1 is 1.21 bits per heavy atom. The predicted octanol–water partition coefficient (Wildman–Crippen LogP) is 5.03. The summed E-state index contributed by atoms with van der Waals surface area (Å²) in [7, 11) is 0. The lowest BCUT2D eigenvalue weighted by atomic mass is 10.1. The number of carbonyl (C=O) groups is 1. The molecule has 1 aliphatic rings. The lowest BCUT2D eigenvalue weighted by Crippen LogP contribution is -2.30. The third-order valence-corrected chi connectivity index (χ3v) is 6.51. The largest absolute Gasteiger partial charge is 0.371 e. The monoisotopic (exact) mass is 411 g/mol. The van der Waals surface area contributed by atoms with E-state index in [1.807, 2.05) is 37.3 Å². The number of para-hydroxylation sites is 1. The van der Waals surface area contributed by atoms with E-state index in [9.17, 15) is 4.79 Å². The standard InChI is InChI=1S/C22H22ClN3OS/c1-15-20(28-22(25-15)17-7-9-18(23)10-8-17)21(27)24-13-16-11-12-26(14-16)19-5-3-2-4-6-19/h2-10,16H,11-14H2,1H3,(H,24,27)/t16-/m1/s1. The van der Waals surface area contributed by atoms with E-state index in [0.717, 1.165) is 35.8 Å². The van der Waals surface area contributed by atoms with Crippen LogP contribution in [0.2, 0.25) is 5.02 Å². The number of hydrogen-bond acceptors (Lipinski definition) is 4. The first-order chi connectivity index (χ1) is 13.6. The van der Waals surface area contributed by atoms with Crippen LogP contribution in [0.25, 0.3) is 10.6 Å². The van der Waals surface area contributed by atoms with Crippen LogP contribution in [0.15, 0.2) is 54.6 Å². The third kappa shape index (κ3) is 4.21. The van der Waals surface area contributed by atoms with Crippen molar-refractivity contribution in [3.63, 3.8) is 0 Å². The highest BCUT2D eigenvalue weighted by Crippen LogP contribution is 2.29. The summed E-state index contributed by atoms with van der Waals surface area (Å²) in [6, 6.07) is 18.0. The second-order valence-corrected chi connectivity index (χ2v) is 8.52. The van der Waals surface area contributed by atoms with E-state index < -0.39 is 0 Å². The fourth-order valence-corrected chi connectivity index (χ4v) is 4.63. The van der Waals surface area contributed by atoms with Gasteiger partial charge < -0.3 is 10.2 Å². The average Bonchev–Trinajstić information content (AvgIpc) is 3.34. The Morgan fingerprint density at radius 3 is 2.71 bits per heavy atom. The number of nitrogens with one attached hydrogen (secondary N) is 1. The van der Waals surface area contributed by atoms with Crippen molar-refractivity contribution in [1.29, 1.82) is 0 Å². The quantitative estimate of drug-likeness (QED) is 0.640. The van der Waals surface area contributed by atoms with Gasteiger partial charge in [0, 0.05) is 35.9 Å². The minimum atomic E-state index is -0.0339. The summed E-state index contributed by atoms with van der Waals surface area (Å²) in [6.45, 7) is 4.58. The van der Waals surface area contributed by atoms with Crippen LogP contribution < -0.4 is 10.2 Å². The lowest BCUT2D eigenvalue weighted by molar-refractivity contribution is 0.0951. The number of halogens is 1. The van der Waals surface area contributed by atoms with Gasteiger partial charge in [-0.1, -0.05) is 41.9 Å². The molecule has 1 saturated heterocycles. The molecule has 28 heavy (non-hydrogen) atoms. The molecule has 0 radical (unpaired) electrons. The van der Waals surface area contributed by atoms with Crippen molar-refractivity contribution in [2.75, 3.05) is 24.5 Å². The van der Waals surface area contributed by atoms with Gasteiger partial charge in [0.25, 0.3) is 5.91 Å². The highest BCUT2D eigenvalue weighted by atomic mass is 35.5. The molecule has 1 amide bonds. The molecule has 0 spiro atoms. The predicted molar refractivity (Wildman–Crippen MR) is 116 cm³/mol. The zero-order valence-corrected chi connectivity index (χ0v) is 17.3. The summed E-state index contributed by atoms with van der Waals surface area (Å²) in [4.78, 5) is 20.3. The van der Waals surface area contributed by atoms with E-state index in [4.69, 9.17) is 11.6 Å². The number of nitrogens with zero attached hydrogens (tertiary/aromatic N) is 2. The number of hydrogen-bond donors (Lipinski definition) is 1. The Hall–Kier alpha value is -2.37. The molecule has 1 fully saturated rings. The summed E-state index contributed by atoms with van der Waals surface area (Å²) in [5, 5.41) is 4.65. The molecule has 1 atom stereocenters. The number of rotatable bonds is 5. The molecule has 1 N–H and O–H groups in total. The summed E-state index contributed by atoms with van der Waals surface area (Å²) < 4.78 is 0. The van der Waals surface area contributed by atoms with Crippen molar-refractivity contribution in [2.45, 2.75) is 13.3 Å². The highest BCUT2D eigenvalue weighted by Gasteiger charge is 2.24. The number of benzene rings is 2. The van der Waals surface area contributed by atoms with Gasteiger partial charge in [-0.05, 0) is 43.5 Å². The van der Waals surface area contributed by atoms with Gasteiger partial charge in [0.15, 0.2) is 0 Å². The van der Waals surface area contributed by atoms with Crippen LogP contribution in [0, 0.1) is 12.8 Å². The second kappa shape index (κ2) is 8.33. The molecule has 0 bridgehead atoms. The normalized spacial score (nSPS) is 16.4. The van der Waals surface area contributed by atoms with Crippen LogP contribution in [-0.4, -0.2) is 30.5 Å². The number of thiazole rings is 1. The molecule has 2 heterocycles. The summed E-state index contributed by atoms with van der Waals surface area (Å²) in [5.41, 5.74) is 3.00. The maximum Gasteiger partial charge on any atom is 0.263 e. The van der Waals surface area contributed by atoms with Crippen molar-refractivity contribution in [3.8, 4) is 10.6 Å². The van der Waals surface area contributed by atoms with E-state index in [1.54, 1.807) is 0 Å². The molecule has 0 saturated carbocycles. The minimum Gasteiger partial charge on any atom is -0.371 e. The first-order valence-corrected chi connectivity index (χ1v) is 10.6. The van der Waals surface area contributed by atoms with E-state index in [0.29, 0.717) is 22.4 Å². The van der Waals surface area contributed by atoms with Crippen molar-refractivity contribution < 1.29 is 4.79 Å². The summed E-state index contributed by atoms with van der Waals surface area (Å²) in [6.07, 6.45) is 1.09. The number of anilines is 1. The summed E-state index contributed by atoms with van der Waals surface area (Å²) >= 11 is 7.38. The Kier molecular flexibility index (Phi) is 5.64. The summed E-state index contributed by atoms with van der Waals surface area (Å²) in [5.74, 6) is 0.432. The first-order valence-electron chi connectivity index (χ1n) is 9.41. The molecule has 1 aliphatic heterocycles. The highest BCUT2D eigenvalue weighted by molar-refractivity contribution is 7.17. The van der Waals surface area contributed by atoms with Crippen LogP contribution >= 0.6 is 22.9 Å². The van der Waals surface area contributed by atoms with Crippen molar-refractivity contribution in [2.24, 2.45) is 5.92 Å². The van der Waals surface area contributed by atoms with E-state index in [1.165, 1.54) is 17.0 Å².